The van der Waals surface area contributed by atoms with Gasteiger partial charge in [-0.2, -0.15) is 0 Å². The lowest BCUT2D eigenvalue weighted by Crippen LogP contribution is -2.30. The van der Waals surface area contributed by atoms with Crippen molar-refractivity contribution in [1.82, 2.24) is 0 Å². The van der Waals surface area contributed by atoms with Gasteiger partial charge < -0.3 is 14.2 Å². The fraction of sp³-hybridized carbons (Fsp3) is 0.612. The highest BCUT2D eigenvalue weighted by Gasteiger charge is 2.19. The normalized spacial score (nSPS) is 13.0. The van der Waals surface area contributed by atoms with Crippen LogP contribution in [-0.4, -0.2) is 37.2 Å². The molecule has 0 amide bonds. The van der Waals surface area contributed by atoms with Crippen LogP contribution in [0.5, 0.6) is 0 Å². The third kappa shape index (κ3) is 41.3. The second-order valence-corrected chi connectivity index (χ2v) is 13.9. The van der Waals surface area contributed by atoms with Crippen molar-refractivity contribution in [2.75, 3.05) is 13.2 Å². The molecule has 0 saturated carbocycles. The van der Waals surface area contributed by atoms with Gasteiger partial charge in [0, 0.05) is 19.3 Å². The van der Waals surface area contributed by atoms with E-state index in [0.717, 1.165) is 122 Å². The summed E-state index contributed by atoms with van der Waals surface area (Å²) < 4.78 is 16.5. The summed E-state index contributed by atoms with van der Waals surface area (Å²) in [7, 11) is 0. The molecule has 1 atom stereocenters. The number of ether oxygens (including phenoxy) is 3. The van der Waals surface area contributed by atoms with Crippen molar-refractivity contribution in [1.29, 1.82) is 0 Å². The molecule has 0 aromatic carbocycles. The second-order valence-electron chi connectivity index (χ2n) is 13.9. The minimum atomic E-state index is -0.810. The van der Waals surface area contributed by atoms with Crippen molar-refractivity contribution in [3.05, 3.63) is 97.2 Å². The SMILES string of the molecule is CC/C=C\C/C=C\C/C=C\C/C=C\C/C=C\C/C=C\CCC(=O)OCC(COC(=O)CCCCCCC)OC(=O)CCCCCCC/C=C\C/C=C\CCC. The van der Waals surface area contributed by atoms with Gasteiger partial charge in [-0.25, -0.2) is 0 Å². The van der Waals surface area contributed by atoms with E-state index in [-0.39, 0.29) is 37.5 Å². The standard InChI is InChI=1S/C49H78O6/c1-4-7-10-13-15-17-19-21-22-23-24-25-26-28-29-31-33-36-39-42-48(51)54-45-46(44-53-47(50)41-38-35-12-9-6-3)55-49(52)43-40-37-34-32-30-27-20-18-16-14-11-8-5-2/h7,10-11,14-15,17-18,20-22,24-25,28-29,33,36,46H,4-6,8-9,12-13,16,19,23,26-27,30-32,34-35,37-45H2,1-3H3/b10-7-,14-11-,17-15-,20-18-,22-21-,25-24-,29-28-,36-33-. The summed E-state index contributed by atoms with van der Waals surface area (Å²) in [6, 6.07) is 0. The molecule has 0 saturated heterocycles. The summed E-state index contributed by atoms with van der Waals surface area (Å²) in [6.07, 6.45) is 55.7. The smallest absolute Gasteiger partial charge is 0.306 e. The molecule has 0 rings (SSSR count). The lowest BCUT2D eigenvalue weighted by atomic mass is 10.1. The van der Waals surface area contributed by atoms with Gasteiger partial charge in [0.2, 0.25) is 0 Å². The van der Waals surface area contributed by atoms with Gasteiger partial charge in [-0.05, 0) is 83.5 Å². The molecule has 0 aromatic heterocycles. The van der Waals surface area contributed by atoms with Crippen molar-refractivity contribution in [3.63, 3.8) is 0 Å². The van der Waals surface area contributed by atoms with E-state index in [2.05, 4.69) is 106 Å². The Hall–Kier alpha value is -3.67. The number of unbranched alkanes of at least 4 members (excludes halogenated alkanes) is 10. The summed E-state index contributed by atoms with van der Waals surface area (Å²) in [4.78, 5) is 37.4. The van der Waals surface area contributed by atoms with Crippen LogP contribution in [0.2, 0.25) is 0 Å². The molecule has 1 unspecified atom stereocenters. The predicted molar refractivity (Wildman–Crippen MR) is 233 cm³/mol. The predicted octanol–water partition coefficient (Wildman–Crippen LogP) is 13.9. The monoisotopic (exact) mass is 763 g/mol. The lowest BCUT2D eigenvalue weighted by molar-refractivity contribution is -0.166. The third-order valence-corrected chi connectivity index (χ3v) is 8.57. The summed E-state index contributed by atoms with van der Waals surface area (Å²) in [5.74, 6) is -1.04. The molecule has 0 fully saturated rings. The molecule has 0 N–H and O–H groups in total. The van der Waals surface area contributed by atoms with Gasteiger partial charge in [-0.15, -0.1) is 0 Å². The highest BCUT2D eigenvalue weighted by atomic mass is 16.6. The van der Waals surface area contributed by atoms with E-state index in [4.69, 9.17) is 14.2 Å². The molecule has 0 heterocycles. The average molecular weight is 763 g/mol. The molecule has 0 aliphatic carbocycles. The first-order chi connectivity index (χ1) is 27.0. The Morgan fingerprint density at radius 1 is 0.382 bits per heavy atom. The summed E-state index contributed by atoms with van der Waals surface area (Å²) >= 11 is 0. The zero-order chi connectivity index (χ0) is 40.1. The van der Waals surface area contributed by atoms with E-state index in [9.17, 15) is 14.4 Å². The molecule has 0 bridgehead atoms. The molecule has 55 heavy (non-hydrogen) atoms. The fourth-order valence-electron chi connectivity index (χ4n) is 5.33. The van der Waals surface area contributed by atoms with Gasteiger partial charge in [0.05, 0.1) is 0 Å². The Morgan fingerprint density at radius 2 is 0.782 bits per heavy atom. The third-order valence-electron chi connectivity index (χ3n) is 8.57. The first-order valence-corrected chi connectivity index (χ1v) is 21.7. The molecule has 6 nitrogen and oxygen atoms in total. The van der Waals surface area contributed by atoms with E-state index in [1.807, 2.05) is 12.2 Å². The largest absolute Gasteiger partial charge is 0.462 e. The Labute approximate surface area is 337 Å². The molecule has 310 valence electrons. The van der Waals surface area contributed by atoms with E-state index >= 15 is 0 Å². The number of allylic oxidation sites excluding steroid dienone is 16. The number of esters is 3. The van der Waals surface area contributed by atoms with Crippen LogP contribution in [0, 0.1) is 0 Å². The molecular formula is C49H78O6. The van der Waals surface area contributed by atoms with Gasteiger partial charge in [-0.1, -0.05) is 169 Å². The molecular weight excluding hydrogens is 685 g/mol. The second kappa shape index (κ2) is 43.1. The van der Waals surface area contributed by atoms with E-state index in [0.29, 0.717) is 19.3 Å². The van der Waals surface area contributed by atoms with Crippen molar-refractivity contribution in [2.45, 2.75) is 181 Å². The van der Waals surface area contributed by atoms with Crippen LogP contribution < -0.4 is 0 Å². The molecule has 0 radical (unpaired) electrons. The first kappa shape index (κ1) is 51.3. The highest BCUT2D eigenvalue weighted by Crippen LogP contribution is 2.11. The Balaban J connectivity index is 4.40. The van der Waals surface area contributed by atoms with Crippen molar-refractivity contribution in [3.8, 4) is 0 Å². The van der Waals surface area contributed by atoms with Gasteiger partial charge >= 0.3 is 17.9 Å². The van der Waals surface area contributed by atoms with Crippen LogP contribution >= 0.6 is 0 Å². The van der Waals surface area contributed by atoms with E-state index in [1.165, 1.54) is 6.42 Å². The van der Waals surface area contributed by atoms with Crippen molar-refractivity contribution in [2.24, 2.45) is 0 Å². The van der Waals surface area contributed by atoms with Crippen LogP contribution in [-0.2, 0) is 28.6 Å². The zero-order valence-corrected chi connectivity index (χ0v) is 35.1. The Kier molecular flexibility index (Phi) is 40.2. The van der Waals surface area contributed by atoms with E-state index < -0.39 is 6.10 Å². The lowest BCUT2D eigenvalue weighted by Gasteiger charge is -2.18. The highest BCUT2D eigenvalue weighted by molar-refractivity contribution is 5.71. The summed E-state index contributed by atoms with van der Waals surface area (Å²) in [5.41, 5.74) is 0. The van der Waals surface area contributed by atoms with Crippen LogP contribution in [0.25, 0.3) is 0 Å². The van der Waals surface area contributed by atoms with Crippen LogP contribution in [0.4, 0.5) is 0 Å². The maximum Gasteiger partial charge on any atom is 0.306 e. The van der Waals surface area contributed by atoms with Crippen LogP contribution in [0.3, 0.4) is 0 Å². The zero-order valence-electron chi connectivity index (χ0n) is 35.1. The number of hydrogen-bond acceptors (Lipinski definition) is 6. The first-order valence-electron chi connectivity index (χ1n) is 21.7. The number of rotatable bonds is 37. The minimum absolute atomic E-state index is 0.109. The Bertz CT molecular complexity index is 1150. The van der Waals surface area contributed by atoms with Gasteiger partial charge in [0.1, 0.15) is 13.2 Å². The Morgan fingerprint density at radius 3 is 1.29 bits per heavy atom. The summed E-state index contributed by atoms with van der Waals surface area (Å²) in [6.45, 7) is 6.26. The number of carbonyl (C=O) groups is 3. The van der Waals surface area contributed by atoms with Crippen LogP contribution in [0.15, 0.2) is 97.2 Å². The quantitative estimate of drug-likeness (QED) is 0.0271. The number of carbonyl (C=O) groups excluding carboxylic acids is 3. The van der Waals surface area contributed by atoms with Gasteiger partial charge in [0.15, 0.2) is 6.10 Å². The topological polar surface area (TPSA) is 78.9 Å². The molecule has 0 aliphatic rings. The molecule has 0 spiro atoms. The summed E-state index contributed by atoms with van der Waals surface area (Å²) in [5, 5.41) is 0. The van der Waals surface area contributed by atoms with Gasteiger partial charge in [0.25, 0.3) is 0 Å². The van der Waals surface area contributed by atoms with Crippen molar-refractivity contribution >= 4 is 17.9 Å². The number of hydrogen-bond donors (Lipinski definition) is 0. The fourth-order valence-corrected chi connectivity index (χ4v) is 5.33. The maximum atomic E-state index is 12.6. The minimum Gasteiger partial charge on any atom is -0.462 e. The van der Waals surface area contributed by atoms with E-state index in [1.54, 1.807) is 0 Å². The van der Waals surface area contributed by atoms with Crippen molar-refractivity contribution < 1.29 is 28.6 Å². The van der Waals surface area contributed by atoms with Gasteiger partial charge in [-0.3, -0.25) is 14.4 Å². The average Bonchev–Trinajstić information content (AvgIpc) is 3.18. The van der Waals surface area contributed by atoms with Crippen LogP contribution in [0.1, 0.15) is 175 Å². The molecule has 0 aliphatic heterocycles. The molecule has 6 heteroatoms. The molecule has 0 aromatic rings. The maximum absolute atomic E-state index is 12.6.